The standard InChI is InChI=1S/C20H39N3O16S/c1-5(40(32,33)34)20(4-26)16(30)13(29)10(23)19(39-20)38-15-7(3-25)36-18(9(22)12(15)28)37-14-6(2-24)35-17(31)8(21)11(14)27/h5-19,24-31H,2-4,21-23H2,1H3,(H,32,33,34)/t5?,6-,7-,8-,9-,10-,11-,12-,13-,14?,15?,16+,17-,18+,19+,20+/m1/s1. The predicted octanol–water partition coefficient (Wildman–Crippen LogP) is -8.03. The maximum Gasteiger partial charge on any atom is 0.270 e. The number of aliphatic hydroxyl groups is 8. The van der Waals surface area contributed by atoms with Crippen LogP contribution in [0.1, 0.15) is 6.92 Å². The third-order valence-electron chi connectivity index (χ3n) is 7.65. The first-order valence-corrected chi connectivity index (χ1v) is 13.8. The molecule has 3 heterocycles. The van der Waals surface area contributed by atoms with Crippen LogP contribution in [0.3, 0.4) is 0 Å². The molecule has 0 radical (unpaired) electrons. The molecule has 40 heavy (non-hydrogen) atoms. The molecule has 3 saturated heterocycles. The summed E-state index contributed by atoms with van der Waals surface area (Å²) in [5, 5.41) is 79.7. The second kappa shape index (κ2) is 12.9. The van der Waals surface area contributed by atoms with Gasteiger partial charge in [-0.05, 0) is 6.92 Å². The summed E-state index contributed by atoms with van der Waals surface area (Å²) < 4.78 is 60.8. The minimum Gasteiger partial charge on any atom is -0.394 e. The Balaban J connectivity index is 1.82. The summed E-state index contributed by atoms with van der Waals surface area (Å²) in [4.78, 5) is 0. The van der Waals surface area contributed by atoms with Crippen molar-refractivity contribution in [3.8, 4) is 0 Å². The summed E-state index contributed by atoms with van der Waals surface area (Å²) in [7, 11) is -4.95. The fourth-order valence-electron chi connectivity index (χ4n) is 4.95. The van der Waals surface area contributed by atoms with E-state index in [1.54, 1.807) is 0 Å². The molecule has 3 rings (SSSR count). The average Bonchev–Trinajstić information content (AvgIpc) is 2.91. The van der Waals surface area contributed by atoms with Gasteiger partial charge in [0.25, 0.3) is 10.1 Å². The maximum atomic E-state index is 11.8. The van der Waals surface area contributed by atoms with Crippen LogP contribution in [-0.2, 0) is 33.8 Å². The Hall–Kier alpha value is -0.730. The summed E-state index contributed by atoms with van der Waals surface area (Å²) >= 11 is 0. The van der Waals surface area contributed by atoms with E-state index in [9.17, 15) is 53.8 Å². The number of ether oxygens (including phenoxy) is 5. The Kier molecular flexibility index (Phi) is 10.9. The van der Waals surface area contributed by atoms with Crippen molar-refractivity contribution >= 4 is 10.1 Å². The topological polar surface area (TPSA) is 340 Å². The fourth-order valence-corrected chi connectivity index (χ4v) is 5.72. The number of hydrogen-bond donors (Lipinski definition) is 12. The number of nitrogens with two attached hydrogens (primary N) is 3. The van der Waals surface area contributed by atoms with Gasteiger partial charge in [0.05, 0.1) is 37.9 Å². The van der Waals surface area contributed by atoms with Crippen LogP contribution in [0, 0.1) is 0 Å². The van der Waals surface area contributed by atoms with Crippen LogP contribution in [0.25, 0.3) is 0 Å². The first kappa shape index (κ1) is 33.8. The third-order valence-corrected chi connectivity index (χ3v) is 8.95. The summed E-state index contributed by atoms with van der Waals surface area (Å²) in [5.74, 6) is 0. The zero-order valence-electron chi connectivity index (χ0n) is 21.3. The zero-order valence-corrected chi connectivity index (χ0v) is 22.1. The van der Waals surface area contributed by atoms with Crippen LogP contribution >= 0.6 is 0 Å². The van der Waals surface area contributed by atoms with Gasteiger partial charge in [-0.2, -0.15) is 8.42 Å². The van der Waals surface area contributed by atoms with Gasteiger partial charge in [0.15, 0.2) is 18.9 Å². The molecule has 0 aromatic carbocycles. The first-order chi connectivity index (χ1) is 18.5. The largest absolute Gasteiger partial charge is 0.394 e. The van der Waals surface area contributed by atoms with Gasteiger partial charge in [0.1, 0.15) is 59.7 Å². The van der Waals surface area contributed by atoms with Crippen LogP contribution in [-0.4, -0.2) is 170 Å². The molecule has 0 aliphatic carbocycles. The number of aliphatic hydroxyl groups excluding tert-OH is 8. The molecular weight excluding hydrogens is 570 g/mol. The zero-order chi connectivity index (χ0) is 30.3. The van der Waals surface area contributed by atoms with E-state index < -0.39 is 127 Å². The minimum absolute atomic E-state index is 0.717. The molecule has 20 heteroatoms. The molecule has 3 unspecified atom stereocenters. The van der Waals surface area contributed by atoms with Crippen molar-refractivity contribution in [3.63, 3.8) is 0 Å². The third kappa shape index (κ3) is 6.15. The maximum absolute atomic E-state index is 11.8. The second-order valence-electron chi connectivity index (χ2n) is 10.1. The normalized spacial score (nSPS) is 49.5. The van der Waals surface area contributed by atoms with Crippen molar-refractivity contribution in [2.24, 2.45) is 17.2 Å². The fraction of sp³-hybridized carbons (Fsp3) is 1.00. The highest BCUT2D eigenvalue weighted by Crippen LogP contribution is 2.37. The van der Waals surface area contributed by atoms with Crippen LogP contribution in [0.15, 0.2) is 0 Å². The molecule has 16 atom stereocenters. The molecule has 0 aromatic heterocycles. The summed E-state index contributed by atoms with van der Waals surface area (Å²) in [6.45, 7) is -1.89. The van der Waals surface area contributed by atoms with Gasteiger partial charge in [-0.1, -0.05) is 0 Å². The van der Waals surface area contributed by atoms with Gasteiger partial charge in [0.2, 0.25) is 0 Å². The molecule has 3 fully saturated rings. The molecule has 0 bridgehead atoms. The smallest absolute Gasteiger partial charge is 0.270 e. The van der Waals surface area contributed by atoms with E-state index in [-0.39, 0.29) is 0 Å². The molecule has 3 aliphatic rings. The van der Waals surface area contributed by atoms with Crippen molar-refractivity contribution in [2.45, 2.75) is 104 Å². The van der Waals surface area contributed by atoms with Crippen molar-refractivity contribution in [2.75, 3.05) is 19.8 Å². The van der Waals surface area contributed by atoms with Crippen molar-refractivity contribution in [3.05, 3.63) is 0 Å². The van der Waals surface area contributed by atoms with Gasteiger partial charge < -0.3 is 81.7 Å². The number of rotatable bonds is 9. The highest BCUT2D eigenvalue weighted by molar-refractivity contribution is 7.86. The van der Waals surface area contributed by atoms with Gasteiger partial charge in [-0.3, -0.25) is 4.55 Å². The van der Waals surface area contributed by atoms with E-state index in [1.165, 1.54) is 0 Å². The van der Waals surface area contributed by atoms with E-state index in [1.807, 2.05) is 0 Å². The second-order valence-corrected chi connectivity index (χ2v) is 11.8. The molecule has 15 N–H and O–H groups in total. The summed E-state index contributed by atoms with van der Waals surface area (Å²) in [6, 6.07) is -4.43. The van der Waals surface area contributed by atoms with E-state index in [0.29, 0.717) is 0 Å². The van der Waals surface area contributed by atoms with E-state index in [2.05, 4.69) is 0 Å². The van der Waals surface area contributed by atoms with Crippen LogP contribution < -0.4 is 17.2 Å². The monoisotopic (exact) mass is 609 g/mol. The van der Waals surface area contributed by atoms with E-state index in [0.717, 1.165) is 6.92 Å². The molecular formula is C20H39N3O16S. The van der Waals surface area contributed by atoms with Gasteiger partial charge >= 0.3 is 0 Å². The Morgan fingerprint density at radius 2 is 1.27 bits per heavy atom. The first-order valence-electron chi connectivity index (χ1n) is 12.3. The van der Waals surface area contributed by atoms with Crippen LogP contribution in [0.4, 0.5) is 0 Å². The Labute approximate surface area is 228 Å². The molecule has 3 aliphatic heterocycles. The lowest BCUT2D eigenvalue weighted by molar-refractivity contribution is -0.360. The highest BCUT2D eigenvalue weighted by Gasteiger charge is 2.60. The van der Waals surface area contributed by atoms with E-state index in [4.69, 9.17) is 40.9 Å². The summed E-state index contributed by atoms with van der Waals surface area (Å²) in [6.07, 6.45) is -18.2. The van der Waals surface area contributed by atoms with Crippen molar-refractivity contribution < 1.29 is 77.5 Å². The van der Waals surface area contributed by atoms with Gasteiger partial charge in [0, 0.05) is 0 Å². The lowest BCUT2D eigenvalue weighted by Gasteiger charge is -2.52. The summed E-state index contributed by atoms with van der Waals surface area (Å²) in [5.41, 5.74) is 15.1. The van der Waals surface area contributed by atoms with Gasteiger partial charge in [-0.15, -0.1) is 0 Å². The lowest BCUT2D eigenvalue weighted by atomic mass is 9.84. The van der Waals surface area contributed by atoms with Crippen LogP contribution in [0.2, 0.25) is 0 Å². The quantitative estimate of drug-likeness (QED) is 0.108. The molecule has 236 valence electrons. The van der Waals surface area contributed by atoms with Crippen molar-refractivity contribution in [1.82, 2.24) is 0 Å². The molecule has 0 amide bonds. The molecule has 0 saturated carbocycles. The SMILES string of the molecule is CC([C@]1(CO)O[C@H](OC2[C@@H](CO)O[C@@H](OC3[C@@H](CO)O[C@@H](O)[C@H](N)[C@H]3O)[C@H](N)[C@H]2O)[C@H](N)[C@@H](O)[C@@H]1O)S(=O)(=O)O. The minimum atomic E-state index is -4.95. The Morgan fingerprint density at radius 3 is 1.77 bits per heavy atom. The van der Waals surface area contributed by atoms with Crippen molar-refractivity contribution in [1.29, 1.82) is 0 Å². The highest BCUT2D eigenvalue weighted by atomic mass is 32.2. The Bertz CT molecular complexity index is 947. The van der Waals surface area contributed by atoms with Gasteiger partial charge in [-0.25, -0.2) is 0 Å². The lowest BCUT2D eigenvalue weighted by Crippen LogP contribution is -2.74. The van der Waals surface area contributed by atoms with E-state index >= 15 is 0 Å². The predicted molar refractivity (Wildman–Crippen MR) is 127 cm³/mol. The van der Waals surface area contributed by atoms with Crippen LogP contribution in [0.5, 0.6) is 0 Å². The number of hydrogen-bond acceptors (Lipinski definition) is 18. The molecule has 19 nitrogen and oxygen atoms in total. The molecule has 0 aromatic rings. The average molecular weight is 610 g/mol. The Morgan fingerprint density at radius 1 is 0.800 bits per heavy atom. The molecule has 0 spiro atoms.